The number of hydrogen-bond acceptors (Lipinski definition) is 7. The van der Waals surface area contributed by atoms with Crippen LogP contribution in [-0.4, -0.2) is 42.2 Å². The quantitative estimate of drug-likeness (QED) is 0.374. The number of aromatic nitrogens is 6. The molecule has 0 unspecified atom stereocenters. The molecule has 3 aromatic heterocycles. The van der Waals surface area contributed by atoms with E-state index in [-0.39, 0.29) is 23.7 Å². The third-order valence-electron chi connectivity index (χ3n) is 6.66. The van der Waals surface area contributed by atoms with Crippen molar-refractivity contribution in [2.45, 2.75) is 52.1 Å². The molecule has 0 amide bonds. The van der Waals surface area contributed by atoms with Crippen LogP contribution in [0.5, 0.6) is 0 Å². The van der Waals surface area contributed by atoms with Crippen molar-refractivity contribution in [1.82, 2.24) is 34.4 Å². The first-order valence-corrected chi connectivity index (χ1v) is 12.6. The van der Waals surface area contributed by atoms with Crippen LogP contribution in [-0.2, 0) is 6.54 Å². The van der Waals surface area contributed by atoms with Crippen molar-refractivity contribution in [3.63, 3.8) is 0 Å². The lowest BCUT2D eigenvalue weighted by atomic mass is 9.89. The number of benzene rings is 1. The highest BCUT2D eigenvalue weighted by molar-refractivity contribution is 5.77. The van der Waals surface area contributed by atoms with Crippen LogP contribution < -0.4 is 21.8 Å². The van der Waals surface area contributed by atoms with Crippen LogP contribution in [0.1, 0.15) is 49.8 Å². The van der Waals surface area contributed by atoms with Gasteiger partial charge in [-0.2, -0.15) is 4.98 Å². The van der Waals surface area contributed by atoms with Crippen molar-refractivity contribution >= 4 is 22.7 Å². The molecule has 0 bridgehead atoms. The maximum atomic E-state index is 13.2. The Hall–Kier alpha value is -4.05. The molecule has 0 radical (unpaired) electrons. The van der Waals surface area contributed by atoms with Gasteiger partial charge < -0.3 is 10.6 Å². The molecule has 1 aliphatic rings. The second kappa shape index (κ2) is 10.1. The lowest BCUT2D eigenvalue weighted by Crippen LogP contribution is -2.28. The van der Waals surface area contributed by atoms with Crippen LogP contribution in [0.4, 0.5) is 11.6 Å². The highest BCUT2D eigenvalue weighted by Gasteiger charge is 2.20. The lowest BCUT2D eigenvalue weighted by Gasteiger charge is -2.24. The van der Waals surface area contributed by atoms with Gasteiger partial charge in [0.05, 0.1) is 12.6 Å². The number of allylic oxidation sites excluding steroid dienone is 1. The third-order valence-corrected chi connectivity index (χ3v) is 6.66. The van der Waals surface area contributed by atoms with E-state index in [0.717, 1.165) is 37.2 Å². The van der Waals surface area contributed by atoms with Gasteiger partial charge in [0.25, 0.3) is 11.1 Å². The van der Waals surface area contributed by atoms with Gasteiger partial charge in [0.15, 0.2) is 11.5 Å². The summed E-state index contributed by atoms with van der Waals surface area (Å²) >= 11 is 0. The van der Waals surface area contributed by atoms with Crippen LogP contribution in [0.25, 0.3) is 16.9 Å². The molecule has 0 saturated carbocycles. The van der Waals surface area contributed by atoms with Gasteiger partial charge in [-0.3, -0.25) is 9.59 Å². The summed E-state index contributed by atoms with van der Waals surface area (Å²) in [6.07, 6.45) is 5.39. The van der Waals surface area contributed by atoms with Gasteiger partial charge in [-0.15, -0.1) is 11.7 Å². The summed E-state index contributed by atoms with van der Waals surface area (Å²) in [7, 11) is 0. The van der Waals surface area contributed by atoms with E-state index in [1.165, 1.54) is 27.2 Å². The molecule has 1 aromatic carbocycles. The SMILES string of the molecule is C=CCn1c(=O)c2cnc(Nc3cc(C)cc(C4CCNCC4)c3)nc2n1-c1ccc(=O)n(C(C)C)n1. The topological polar surface area (TPSA) is 112 Å². The largest absolute Gasteiger partial charge is 0.324 e. The summed E-state index contributed by atoms with van der Waals surface area (Å²) in [5.74, 6) is 1.30. The molecule has 192 valence electrons. The predicted molar refractivity (Wildman–Crippen MR) is 145 cm³/mol. The minimum absolute atomic E-state index is 0.142. The van der Waals surface area contributed by atoms with Gasteiger partial charge in [-0.1, -0.05) is 12.1 Å². The average molecular weight is 501 g/mol. The zero-order valence-electron chi connectivity index (χ0n) is 21.4. The molecule has 0 atom stereocenters. The minimum Gasteiger partial charge on any atom is -0.324 e. The molecule has 0 spiro atoms. The smallest absolute Gasteiger partial charge is 0.278 e. The zero-order chi connectivity index (χ0) is 26.1. The summed E-state index contributed by atoms with van der Waals surface area (Å²) in [4.78, 5) is 34.7. The third kappa shape index (κ3) is 4.84. The number of piperidine rings is 1. The molecule has 10 heteroatoms. The Labute approximate surface area is 214 Å². The number of hydrogen-bond donors (Lipinski definition) is 2. The number of fused-ring (bicyclic) bond motifs is 1. The van der Waals surface area contributed by atoms with E-state index in [1.54, 1.807) is 16.8 Å². The number of rotatable bonds is 7. The van der Waals surface area contributed by atoms with E-state index in [9.17, 15) is 9.59 Å². The molecular weight excluding hydrogens is 468 g/mol. The molecule has 0 aliphatic carbocycles. The summed E-state index contributed by atoms with van der Waals surface area (Å²) in [5.41, 5.74) is 3.30. The van der Waals surface area contributed by atoms with Gasteiger partial charge >= 0.3 is 0 Å². The van der Waals surface area contributed by atoms with Crippen LogP contribution in [0.3, 0.4) is 0 Å². The Bertz CT molecular complexity index is 1570. The molecule has 4 aromatic rings. The second-order valence-corrected chi connectivity index (χ2v) is 9.77. The fourth-order valence-electron chi connectivity index (χ4n) is 4.91. The molecule has 5 rings (SSSR count). The maximum absolute atomic E-state index is 13.2. The zero-order valence-corrected chi connectivity index (χ0v) is 21.4. The monoisotopic (exact) mass is 500 g/mol. The first-order valence-electron chi connectivity index (χ1n) is 12.6. The Morgan fingerprint density at radius 3 is 2.70 bits per heavy atom. The first kappa shape index (κ1) is 24.6. The first-order chi connectivity index (χ1) is 17.9. The Morgan fingerprint density at radius 1 is 1.19 bits per heavy atom. The Balaban J connectivity index is 1.60. The van der Waals surface area contributed by atoms with Crippen molar-refractivity contribution in [2.24, 2.45) is 0 Å². The Kier molecular flexibility index (Phi) is 6.75. The molecule has 37 heavy (non-hydrogen) atoms. The normalized spacial score (nSPS) is 14.4. The number of nitrogens with zero attached hydrogens (tertiary/aromatic N) is 6. The molecule has 10 nitrogen and oxygen atoms in total. The van der Waals surface area contributed by atoms with E-state index < -0.39 is 0 Å². The molecule has 2 N–H and O–H groups in total. The molecule has 1 saturated heterocycles. The van der Waals surface area contributed by atoms with Gasteiger partial charge in [-0.25, -0.2) is 19.0 Å². The lowest BCUT2D eigenvalue weighted by molar-refractivity contribution is 0.460. The van der Waals surface area contributed by atoms with Gasteiger partial charge in [-0.05, 0) is 81.9 Å². The number of aryl methyl sites for hydroxylation is 1. The van der Waals surface area contributed by atoms with Gasteiger partial charge in [0, 0.05) is 18.0 Å². The maximum Gasteiger partial charge on any atom is 0.278 e. The second-order valence-electron chi connectivity index (χ2n) is 9.77. The molecule has 4 heterocycles. The number of nitrogens with one attached hydrogen (secondary N) is 2. The van der Waals surface area contributed by atoms with Crippen LogP contribution in [0, 0.1) is 6.92 Å². The van der Waals surface area contributed by atoms with Gasteiger partial charge in [0.2, 0.25) is 5.95 Å². The summed E-state index contributed by atoms with van der Waals surface area (Å²) < 4.78 is 4.51. The van der Waals surface area contributed by atoms with E-state index in [2.05, 4.69) is 52.4 Å². The van der Waals surface area contributed by atoms with E-state index >= 15 is 0 Å². The van der Waals surface area contributed by atoms with Crippen LogP contribution >= 0.6 is 0 Å². The van der Waals surface area contributed by atoms with Crippen molar-refractivity contribution in [3.8, 4) is 5.82 Å². The van der Waals surface area contributed by atoms with Crippen LogP contribution in [0.2, 0.25) is 0 Å². The molecule has 1 aliphatic heterocycles. The highest BCUT2D eigenvalue weighted by atomic mass is 16.1. The predicted octanol–water partition coefficient (Wildman–Crippen LogP) is 3.42. The van der Waals surface area contributed by atoms with E-state index in [4.69, 9.17) is 4.98 Å². The fraction of sp³-hybridized carbons (Fsp3) is 0.370. The fourth-order valence-corrected chi connectivity index (χ4v) is 4.91. The van der Waals surface area contributed by atoms with Crippen molar-refractivity contribution < 1.29 is 0 Å². The van der Waals surface area contributed by atoms with E-state index in [0.29, 0.717) is 28.7 Å². The molecular formula is C27H32N8O2. The van der Waals surface area contributed by atoms with Crippen molar-refractivity contribution in [3.05, 3.63) is 81.0 Å². The van der Waals surface area contributed by atoms with Crippen molar-refractivity contribution in [2.75, 3.05) is 18.4 Å². The van der Waals surface area contributed by atoms with Crippen molar-refractivity contribution in [1.29, 1.82) is 0 Å². The highest BCUT2D eigenvalue weighted by Crippen LogP contribution is 2.29. The van der Waals surface area contributed by atoms with Gasteiger partial charge in [0.1, 0.15) is 5.39 Å². The minimum atomic E-state index is -0.255. The summed E-state index contributed by atoms with van der Waals surface area (Å²) in [5, 5.41) is 11.6. The van der Waals surface area contributed by atoms with Crippen LogP contribution in [0.15, 0.2) is 58.8 Å². The standard InChI is InChI=1S/C27H32N8O2/c1-5-12-33-26(37)22-16-29-27(30-21-14-18(4)13-20(15-21)19-8-10-28-11-9-19)31-25(22)35(33)23-6-7-24(36)34(32-23)17(2)3/h5-7,13-17,19,28H,1,8-12H2,2-4H3,(H,29,30,31). The summed E-state index contributed by atoms with van der Waals surface area (Å²) in [6.45, 7) is 11.9. The average Bonchev–Trinajstić information content (AvgIpc) is 3.15. The Morgan fingerprint density at radius 2 is 1.97 bits per heavy atom. The number of anilines is 2. The van der Waals surface area contributed by atoms with E-state index in [1.807, 2.05) is 13.8 Å². The summed E-state index contributed by atoms with van der Waals surface area (Å²) in [6, 6.07) is 9.37. The molecule has 1 fully saturated rings.